The van der Waals surface area contributed by atoms with Crippen molar-refractivity contribution >= 4 is 35.5 Å². The molecule has 4 aromatic carbocycles. The summed E-state index contributed by atoms with van der Waals surface area (Å²) < 4.78 is 5.91. The van der Waals surface area contributed by atoms with E-state index in [1.54, 1.807) is 6.07 Å². The quantitative estimate of drug-likeness (QED) is 0.0722. The zero-order chi connectivity index (χ0) is 34.6. The fourth-order valence-electron chi connectivity index (χ4n) is 5.77. The summed E-state index contributed by atoms with van der Waals surface area (Å²) in [4.78, 5) is 38.5. The average molecular weight is 666 g/mol. The van der Waals surface area contributed by atoms with Crippen molar-refractivity contribution in [3.05, 3.63) is 108 Å². The smallest absolute Gasteiger partial charge is 0.412 e. The number of hydrogen-bond donors (Lipinski definition) is 6. The van der Waals surface area contributed by atoms with Gasteiger partial charge in [0.25, 0.3) is 0 Å². The molecule has 256 valence electrons. The third-order valence-electron chi connectivity index (χ3n) is 8.68. The molecule has 11 nitrogen and oxygen atoms in total. The van der Waals surface area contributed by atoms with Crippen molar-refractivity contribution in [3.63, 3.8) is 0 Å². The number of hydrogen-bond acceptors (Lipinski definition) is 8. The Kier molecular flexibility index (Phi) is 12.0. The zero-order valence-corrected chi connectivity index (χ0v) is 27.5. The molecule has 0 unspecified atom stereocenters. The van der Waals surface area contributed by atoms with Crippen LogP contribution >= 0.6 is 0 Å². The van der Waals surface area contributed by atoms with Crippen molar-refractivity contribution in [2.24, 2.45) is 0 Å². The summed E-state index contributed by atoms with van der Waals surface area (Å²) in [5.74, 6) is -0.152. The fraction of sp³-hybridized carbons (Fsp3) is 0.289. The molecule has 1 aliphatic heterocycles. The second kappa shape index (κ2) is 16.7. The monoisotopic (exact) mass is 665 g/mol. The minimum atomic E-state index is -0.833. The third kappa shape index (κ3) is 10.1. The first kappa shape index (κ1) is 35.1. The molecule has 3 amide bonds. The van der Waals surface area contributed by atoms with Gasteiger partial charge < -0.3 is 35.8 Å². The normalized spacial score (nSPS) is 14.7. The van der Waals surface area contributed by atoms with Gasteiger partial charge >= 0.3 is 6.09 Å². The maximum absolute atomic E-state index is 12.9. The summed E-state index contributed by atoms with van der Waals surface area (Å²) in [5.41, 5.74) is 4.51. The predicted molar refractivity (Wildman–Crippen MR) is 190 cm³/mol. The van der Waals surface area contributed by atoms with Gasteiger partial charge in [0.1, 0.15) is 11.4 Å². The van der Waals surface area contributed by atoms with Crippen LogP contribution in [0.3, 0.4) is 0 Å². The number of nitrogens with zero attached hydrogens (tertiary/aromatic N) is 1. The second-order valence-corrected chi connectivity index (χ2v) is 12.4. The number of para-hydroxylation sites is 1. The van der Waals surface area contributed by atoms with Crippen molar-refractivity contribution in [3.8, 4) is 16.9 Å². The van der Waals surface area contributed by atoms with Gasteiger partial charge in [0.15, 0.2) is 0 Å². The molecule has 1 atom stereocenters. The minimum Gasteiger partial charge on any atom is -0.506 e. The molecule has 0 aliphatic carbocycles. The van der Waals surface area contributed by atoms with Crippen molar-refractivity contribution in [1.82, 2.24) is 10.2 Å². The third-order valence-corrected chi connectivity index (χ3v) is 8.68. The number of aliphatic hydroxyl groups excluding tert-OH is 1. The van der Waals surface area contributed by atoms with E-state index in [2.05, 4.69) is 26.2 Å². The van der Waals surface area contributed by atoms with Gasteiger partial charge in [0.2, 0.25) is 12.3 Å². The van der Waals surface area contributed by atoms with Crippen molar-refractivity contribution in [2.45, 2.75) is 44.4 Å². The molecule has 0 bridgehead atoms. The van der Waals surface area contributed by atoms with E-state index in [1.165, 1.54) is 12.1 Å². The number of amides is 3. The molecule has 0 spiro atoms. The van der Waals surface area contributed by atoms with Gasteiger partial charge in [-0.05, 0) is 66.8 Å². The maximum atomic E-state index is 12.9. The first-order valence-electron chi connectivity index (χ1n) is 16.4. The zero-order valence-electron chi connectivity index (χ0n) is 27.5. The molecule has 1 aliphatic rings. The lowest BCUT2D eigenvalue weighted by atomic mass is 9.93. The number of phenolic OH excluding ortho intramolecular Hbond substituents is 1. The molecule has 11 heteroatoms. The number of phenols is 1. The van der Waals surface area contributed by atoms with Crippen LogP contribution in [0.15, 0.2) is 97.1 Å². The summed E-state index contributed by atoms with van der Waals surface area (Å²) in [6.07, 6.45) is 0.839. The number of carbonyl (C=O) groups excluding carboxylic acids is 3. The van der Waals surface area contributed by atoms with Gasteiger partial charge in [-0.25, -0.2) is 4.79 Å². The van der Waals surface area contributed by atoms with Crippen LogP contribution in [0.2, 0.25) is 0 Å². The van der Waals surface area contributed by atoms with Crippen LogP contribution in [0.4, 0.5) is 21.9 Å². The highest BCUT2D eigenvalue weighted by molar-refractivity contribution is 5.92. The Bertz CT molecular complexity index is 1710. The van der Waals surface area contributed by atoms with Crippen molar-refractivity contribution < 1.29 is 29.3 Å². The Labute approximate surface area is 286 Å². The second-order valence-electron chi connectivity index (χ2n) is 12.4. The number of likely N-dealkylation sites (tertiary alicyclic amines) is 1. The number of nitrogens with one attached hydrogen (secondary N) is 4. The van der Waals surface area contributed by atoms with Crippen molar-refractivity contribution in [1.29, 1.82) is 0 Å². The van der Waals surface area contributed by atoms with Crippen LogP contribution in [-0.2, 0) is 20.9 Å². The van der Waals surface area contributed by atoms with E-state index >= 15 is 0 Å². The number of anilines is 3. The standard InChI is InChI=1S/C38H43N5O6/c1-38(49-37(48)42-32-10-6-5-9-31(32)28-7-3-2-4-8-28)18-21-43(22-19-38)20-17-36(47)41-30-14-11-27(12-15-30)24-39-25-35(46)29-13-16-34(45)33(23-29)40-26-44/h2-16,23,26,35,39,45-46H,17-22,24-25H2,1H3,(H,40,44)(H,41,47)(H,42,48)/t35-/m0/s1. The predicted octanol–water partition coefficient (Wildman–Crippen LogP) is 5.88. The lowest BCUT2D eigenvalue weighted by Crippen LogP contribution is -2.46. The van der Waals surface area contributed by atoms with E-state index < -0.39 is 17.8 Å². The maximum Gasteiger partial charge on any atom is 0.412 e. The Morgan fingerprint density at radius 1 is 0.918 bits per heavy atom. The highest BCUT2D eigenvalue weighted by Gasteiger charge is 2.34. The molecule has 0 aromatic heterocycles. The average Bonchev–Trinajstić information content (AvgIpc) is 3.10. The van der Waals surface area contributed by atoms with Crippen LogP contribution in [0.5, 0.6) is 5.75 Å². The molecular formula is C38H43N5O6. The van der Waals surface area contributed by atoms with E-state index in [4.69, 9.17) is 4.74 Å². The van der Waals surface area contributed by atoms with E-state index in [9.17, 15) is 24.6 Å². The van der Waals surface area contributed by atoms with Gasteiger partial charge in [-0.3, -0.25) is 14.9 Å². The summed E-state index contributed by atoms with van der Waals surface area (Å²) in [6, 6.07) is 29.6. The molecule has 4 aromatic rings. The first-order chi connectivity index (χ1) is 23.7. The number of aliphatic hydroxyl groups is 1. The lowest BCUT2D eigenvalue weighted by Gasteiger charge is -2.38. The summed E-state index contributed by atoms with van der Waals surface area (Å²) >= 11 is 0. The number of rotatable bonds is 14. The molecule has 0 saturated carbocycles. The lowest BCUT2D eigenvalue weighted by molar-refractivity contribution is -0.116. The molecule has 6 N–H and O–H groups in total. The summed E-state index contributed by atoms with van der Waals surface area (Å²) in [7, 11) is 0. The highest BCUT2D eigenvalue weighted by Crippen LogP contribution is 2.30. The Balaban J connectivity index is 0.998. The van der Waals surface area contributed by atoms with Gasteiger partial charge in [-0.15, -0.1) is 0 Å². The fourth-order valence-corrected chi connectivity index (χ4v) is 5.77. The molecule has 0 radical (unpaired) electrons. The van der Waals surface area contributed by atoms with E-state index in [1.807, 2.05) is 85.8 Å². The van der Waals surface area contributed by atoms with E-state index in [0.29, 0.717) is 55.7 Å². The van der Waals surface area contributed by atoms with Gasteiger partial charge in [-0.2, -0.15) is 0 Å². The van der Waals surface area contributed by atoms with Crippen LogP contribution < -0.4 is 21.3 Å². The Morgan fingerprint density at radius 3 is 2.37 bits per heavy atom. The summed E-state index contributed by atoms with van der Waals surface area (Å²) in [6.45, 7) is 4.78. The molecule has 1 saturated heterocycles. The topological polar surface area (TPSA) is 152 Å². The molecule has 5 rings (SSSR count). The number of piperidine rings is 1. The highest BCUT2D eigenvalue weighted by atomic mass is 16.6. The SMILES string of the molecule is CC1(OC(=O)Nc2ccccc2-c2ccccc2)CCN(CCC(=O)Nc2ccc(CNC[C@H](O)c3ccc(O)c(NC=O)c3)cc2)CC1. The van der Waals surface area contributed by atoms with E-state index in [0.717, 1.165) is 29.8 Å². The number of aromatic hydroxyl groups is 1. The largest absolute Gasteiger partial charge is 0.506 e. The van der Waals surface area contributed by atoms with Gasteiger partial charge in [-0.1, -0.05) is 66.7 Å². The first-order valence-corrected chi connectivity index (χ1v) is 16.4. The summed E-state index contributed by atoms with van der Waals surface area (Å²) in [5, 5.41) is 31.7. The van der Waals surface area contributed by atoms with Crippen molar-refractivity contribution in [2.75, 3.05) is 42.1 Å². The van der Waals surface area contributed by atoms with Gasteiger partial charge in [0.05, 0.1) is 17.5 Å². The number of ether oxygens (including phenoxy) is 1. The number of benzene rings is 4. The molecule has 1 heterocycles. The van der Waals surface area contributed by atoms with Crippen LogP contribution in [0.25, 0.3) is 11.1 Å². The Hall–Kier alpha value is -5.23. The van der Waals surface area contributed by atoms with Crippen LogP contribution in [-0.4, -0.2) is 65.3 Å². The van der Waals surface area contributed by atoms with Gasteiger partial charge in [0, 0.05) is 50.4 Å². The number of carbonyl (C=O) groups is 3. The van der Waals surface area contributed by atoms with E-state index in [-0.39, 0.29) is 23.9 Å². The Morgan fingerprint density at radius 2 is 1.63 bits per heavy atom. The molecule has 1 fully saturated rings. The van der Waals surface area contributed by atoms with Crippen LogP contribution in [0, 0.1) is 0 Å². The van der Waals surface area contributed by atoms with Crippen LogP contribution in [0.1, 0.15) is 43.4 Å². The molecular weight excluding hydrogens is 622 g/mol. The minimum absolute atomic E-state index is 0.0759. The molecule has 49 heavy (non-hydrogen) atoms.